The van der Waals surface area contributed by atoms with Gasteiger partial charge in [0.15, 0.2) is 0 Å². The van der Waals surface area contributed by atoms with Gasteiger partial charge in [0.2, 0.25) is 0 Å². The molecule has 3 rings (SSSR count). The SMILES string of the molecule is O=[N+]([O-])c1ccc(NC2CCOC3(CCCC3)C2)c(C(F)(F)F)c1. The number of ether oxygens (including phenoxy) is 1. The second-order valence-corrected chi connectivity index (χ2v) is 6.56. The lowest BCUT2D eigenvalue weighted by Crippen LogP contribution is -2.42. The molecule has 1 unspecified atom stereocenters. The summed E-state index contributed by atoms with van der Waals surface area (Å²) in [4.78, 5) is 9.93. The molecule has 1 aliphatic heterocycles. The molecule has 1 saturated heterocycles. The number of hydrogen-bond acceptors (Lipinski definition) is 4. The molecule has 24 heavy (non-hydrogen) atoms. The Kier molecular flexibility index (Phi) is 4.42. The highest BCUT2D eigenvalue weighted by atomic mass is 19.4. The maximum Gasteiger partial charge on any atom is 0.418 e. The van der Waals surface area contributed by atoms with Crippen LogP contribution in [-0.4, -0.2) is 23.2 Å². The molecular formula is C16H19F3N2O3. The van der Waals surface area contributed by atoms with E-state index in [0.29, 0.717) is 25.5 Å². The summed E-state index contributed by atoms with van der Waals surface area (Å²) in [6.45, 7) is 0.520. The van der Waals surface area contributed by atoms with E-state index in [9.17, 15) is 23.3 Å². The number of nitro benzene ring substituents is 1. The summed E-state index contributed by atoms with van der Waals surface area (Å²) in [5.41, 5.74) is -1.88. The highest BCUT2D eigenvalue weighted by Crippen LogP contribution is 2.42. The van der Waals surface area contributed by atoms with Crippen molar-refractivity contribution in [3.63, 3.8) is 0 Å². The molecule has 1 heterocycles. The Balaban J connectivity index is 1.82. The van der Waals surface area contributed by atoms with Crippen LogP contribution in [-0.2, 0) is 10.9 Å². The van der Waals surface area contributed by atoms with Crippen LogP contribution in [0.1, 0.15) is 44.1 Å². The van der Waals surface area contributed by atoms with Crippen LogP contribution in [0.25, 0.3) is 0 Å². The number of halogens is 3. The molecule has 1 N–H and O–H groups in total. The lowest BCUT2D eigenvalue weighted by Gasteiger charge is -2.39. The van der Waals surface area contributed by atoms with Gasteiger partial charge < -0.3 is 10.1 Å². The molecule has 0 radical (unpaired) electrons. The maximum absolute atomic E-state index is 13.3. The van der Waals surface area contributed by atoms with Crippen molar-refractivity contribution in [3.8, 4) is 0 Å². The predicted molar refractivity (Wildman–Crippen MR) is 81.9 cm³/mol. The second kappa shape index (κ2) is 6.23. The van der Waals surface area contributed by atoms with Gasteiger partial charge in [0.1, 0.15) is 0 Å². The fourth-order valence-electron chi connectivity index (χ4n) is 3.74. The van der Waals surface area contributed by atoms with Crippen molar-refractivity contribution in [3.05, 3.63) is 33.9 Å². The Labute approximate surface area is 137 Å². The van der Waals surface area contributed by atoms with Crippen molar-refractivity contribution in [2.24, 2.45) is 0 Å². The summed E-state index contributed by atoms with van der Waals surface area (Å²) in [5, 5.41) is 13.7. The fourth-order valence-corrected chi connectivity index (χ4v) is 3.74. The number of alkyl halides is 3. The first kappa shape index (κ1) is 17.0. The van der Waals surface area contributed by atoms with E-state index in [1.165, 1.54) is 0 Å². The van der Waals surface area contributed by atoms with E-state index in [1.54, 1.807) is 0 Å². The molecule has 1 aromatic rings. The van der Waals surface area contributed by atoms with Crippen molar-refractivity contribution in [1.29, 1.82) is 0 Å². The van der Waals surface area contributed by atoms with Gasteiger partial charge in [0.05, 0.1) is 16.1 Å². The first-order valence-electron chi connectivity index (χ1n) is 8.05. The Hall–Kier alpha value is -1.83. The van der Waals surface area contributed by atoms with Crippen LogP contribution in [0.2, 0.25) is 0 Å². The van der Waals surface area contributed by atoms with E-state index in [2.05, 4.69) is 5.32 Å². The van der Waals surface area contributed by atoms with Gasteiger partial charge in [0, 0.05) is 30.5 Å². The minimum absolute atomic E-state index is 0.104. The number of rotatable bonds is 3. The number of nitrogens with one attached hydrogen (secondary N) is 1. The minimum atomic E-state index is -4.65. The normalized spacial score (nSPS) is 23.4. The summed E-state index contributed by atoms with van der Waals surface area (Å²) in [7, 11) is 0. The summed E-state index contributed by atoms with van der Waals surface area (Å²) in [6.07, 6.45) is 0.688. The fraction of sp³-hybridized carbons (Fsp3) is 0.625. The van der Waals surface area contributed by atoms with Crippen molar-refractivity contribution >= 4 is 11.4 Å². The van der Waals surface area contributed by atoms with Crippen LogP contribution >= 0.6 is 0 Å². The number of anilines is 1. The quantitative estimate of drug-likeness (QED) is 0.647. The number of nitro groups is 1. The molecule has 2 fully saturated rings. The van der Waals surface area contributed by atoms with Crippen molar-refractivity contribution in [2.45, 2.75) is 56.3 Å². The van der Waals surface area contributed by atoms with Gasteiger partial charge in [0.25, 0.3) is 5.69 Å². The van der Waals surface area contributed by atoms with Crippen LogP contribution in [0.4, 0.5) is 24.5 Å². The average Bonchev–Trinajstić information content (AvgIpc) is 2.94. The highest BCUT2D eigenvalue weighted by molar-refractivity contribution is 5.58. The summed E-state index contributed by atoms with van der Waals surface area (Å²) in [5.74, 6) is 0. The first-order valence-corrected chi connectivity index (χ1v) is 8.05. The molecule has 1 aromatic carbocycles. The predicted octanol–water partition coefficient (Wildman–Crippen LogP) is 4.52. The standard InChI is InChI=1S/C16H19F3N2O3/c17-16(18,19)13-9-12(21(22)23)3-4-14(13)20-11-5-8-24-15(10-11)6-1-2-7-15/h3-4,9,11,20H,1-2,5-8,10H2. The molecule has 5 nitrogen and oxygen atoms in total. The topological polar surface area (TPSA) is 64.4 Å². The monoisotopic (exact) mass is 344 g/mol. The van der Waals surface area contributed by atoms with E-state index < -0.39 is 22.4 Å². The van der Waals surface area contributed by atoms with E-state index >= 15 is 0 Å². The van der Waals surface area contributed by atoms with E-state index in [1.807, 2.05) is 0 Å². The summed E-state index contributed by atoms with van der Waals surface area (Å²) >= 11 is 0. The molecule has 1 atom stereocenters. The molecule has 0 amide bonds. The van der Waals surface area contributed by atoms with E-state index in [-0.39, 0.29) is 17.3 Å². The highest BCUT2D eigenvalue weighted by Gasteiger charge is 2.41. The zero-order valence-corrected chi connectivity index (χ0v) is 13.1. The van der Waals surface area contributed by atoms with Crippen molar-refractivity contribution in [1.82, 2.24) is 0 Å². The van der Waals surface area contributed by atoms with Crippen molar-refractivity contribution < 1.29 is 22.8 Å². The molecule has 2 aliphatic rings. The molecule has 1 aliphatic carbocycles. The maximum atomic E-state index is 13.3. The van der Waals surface area contributed by atoms with E-state index in [4.69, 9.17) is 4.74 Å². The third-order valence-corrected chi connectivity index (χ3v) is 4.89. The second-order valence-electron chi connectivity index (χ2n) is 6.56. The van der Waals surface area contributed by atoms with Crippen LogP contribution in [0.5, 0.6) is 0 Å². The van der Waals surface area contributed by atoms with Gasteiger partial charge in [-0.05, 0) is 31.7 Å². The Morgan fingerprint density at radius 3 is 2.62 bits per heavy atom. The molecule has 0 aromatic heterocycles. The number of benzene rings is 1. The lowest BCUT2D eigenvalue weighted by atomic mass is 9.88. The van der Waals surface area contributed by atoms with Gasteiger partial charge in [-0.15, -0.1) is 0 Å². The lowest BCUT2D eigenvalue weighted by molar-refractivity contribution is -0.385. The smallest absolute Gasteiger partial charge is 0.382 e. The zero-order chi connectivity index (χ0) is 17.4. The van der Waals surface area contributed by atoms with Gasteiger partial charge in [-0.25, -0.2) is 0 Å². The van der Waals surface area contributed by atoms with Gasteiger partial charge in [-0.2, -0.15) is 13.2 Å². The van der Waals surface area contributed by atoms with Gasteiger partial charge in [-0.3, -0.25) is 10.1 Å². The van der Waals surface area contributed by atoms with Crippen LogP contribution in [0, 0.1) is 10.1 Å². The van der Waals surface area contributed by atoms with Gasteiger partial charge in [-0.1, -0.05) is 12.8 Å². The largest absolute Gasteiger partial charge is 0.418 e. The van der Waals surface area contributed by atoms with Crippen LogP contribution in [0.3, 0.4) is 0 Å². The average molecular weight is 344 g/mol. The number of non-ortho nitro benzene ring substituents is 1. The molecular weight excluding hydrogens is 325 g/mol. The third-order valence-electron chi connectivity index (χ3n) is 4.89. The molecule has 8 heteroatoms. The summed E-state index contributed by atoms with van der Waals surface area (Å²) < 4.78 is 45.7. The third kappa shape index (κ3) is 3.48. The Bertz CT molecular complexity index is 627. The van der Waals surface area contributed by atoms with Crippen LogP contribution < -0.4 is 5.32 Å². The molecule has 1 saturated carbocycles. The zero-order valence-electron chi connectivity index (χ0n) is 13.1. The van der Waals surface area contributed by atoms with Crippen LogP contribution in [0.15, 0.2) is 18.2 Å². The Morgan fingerprint density at radius 1 is 1.29 bits per heavy atom. The first-order chi connectivity index (χ1) is 11.3. The molecule has 0 bridgehead atoms. The number of nitrogens with zero attached hydrogens (tertiary/aromatic N) is 1. The Morgan fingerprint density at radius 2 is 2.00 bits per heavy atom. The minimum Gasteiger partial charge on any atom is -0.382 e. The molecule has 1 spiro atoms. The van der Waals surface area contributed by atoms with E-state index in [0.717, 1.165) is 37.8 Å². The van der Waals surface area contributed by atoms with Crippen molar-refractivity contribution in [2.75, 3.05) is 11.9 Å². The van der Waals surface area contributed by atoms with Gasteiger partial charge >= 0.3 is 6.18 Å². The molecule has 132 valence electrons. The number of hydrogen-bond donors (Lipinski definition) is 1. The summed E-state index contributed by atoms with van der Waals surface area (Å²) in [6, 6.07) is 2.71.